The fourth-order valence-corrected chi connectivity index (χ4v) is 1.35. The standard InChI is InChI=1S/C14H18ClNO3/c1-10(2)9-18-14(17)11(3)19-16-8-12-6-4-5-7-13(12)15/h4-8,10-11H,9H2,1-3H3. The molecule has 0 bridgehead atoms. The summed E-state index contributed by atoms with van der Waals surface area (Å²) in [7, 11) is 0. The van der Waals surface area contributed by atoms with Crippen molar-refractivity contribution in [3.05, 3.63) is 34.9 Å². The van der Waals surface area contributed by atoms with E-state index in [2.05, 4.69) is 5.16 Å². The van der Waals surface area contributed by atoms with Gasteiger partial charge in [0.1, 0.15) is 0 Å². The topological polar surface area (TPSA) is 47.9 Å². The average Bonchev–Trinajstić information content (AvgIpc) is 2.38. The van der Waals surface area contributed by atoms with Crippen LogP contribution >= 0.6 is 11.6 Å². The van der Waals surface area contributed by atoms with Crippen LogP contribution in [0.25, 0.3) is 0 Å². The van der Waals surface area contributed by atoms with E-state index in [4.69, 9.17) is 21.2 Å². The molecule has 1 aromatic carbocycles. The monoisotopic (exact) mass is 283 g/mol. The minimum absolute atomic E-state index is 0.294. The van der Waals surface area contributed by atoms with Crippen LogP contribution in [0.3, 0.4) is 0 Å². The van der Waals surface area contributed by atoms with Gasteiger partial charge in [-0.2, -0.15) is 0 Å². The Balaban J connectivity index is 2.43. The number of benzene rings is 1. The number of nitrogens with zero attached hydrogens (tertiary/aromatic N) is 1. The molecule has 1 aromatic rings. The van der Waals surface area contributed by atoms with Crippen LogP contribution in [0.15, 0.2) is 29.4 Å². The van der Waals surface area contributed by atoms with Crippen molar-refractivity contribution in [2.24, 2.45) is 11.1 Å². The first kappa shape index (κ1) is 15.5. The van der Waals surface area contributed by atoms with Gasteiger partial charge in [0.15, 0.2) is 0 Å². The first-order valence-corrected chi connectivity index (χ1v) is 6.49. The summed E-state index contributed by atoms with van der Waals surface area (Å²) >= 11 is 5.95. The highest BCUT2D eigenvalue weighted by atomic mass is 35.5. The van der Waals surface area contributed by atoms with E-state index in [1.807, 2.05) is 26.0 Å². The first-order valence-electron chi connectivity index (χ1n) is 6.11. The van der Waals surface area contributed by atoms with Gasteiger partial charge in [-0.1, -0.05) is 48.8 Å². The number of ether oxygens (including phenoxy) is 1. The third-order valence-electron chi connectivity index (χ3n) is 2.21. The summed E-state index contributed by atoms with van der Waals surface area (Å²) in [5.41, 5.74) is 0.729. The Morgan fingerprint density at radius 2 is 2.05 bits per heavy atom. The van der Waals surface area contributed by atoms with E-state index in [0.29, 0.717) is 17.5 Å². The molecular formula is C14H18ClNO3. The highest BCUT2D eigenvalue weighted by molar-refractivity contribution is 6.33. The van der Waals surface area contributed by atoms with Gasteiger partial charge in [-0.3, -0.25) is 0 Å². The fraction of sp³-hybridized carbons (Fsp3) is 0.429. The molecule has 1 unspecified atom stereocenters. The van der Waals surface area contributed by atoms with Crippen LogP contribution in [0.4, 0.5) is 0 Å². The van der Waals surface area contributed by atoms with Crippen LogP contribution in [0.2, 0.25) is 5.02 Å². The summed E-state index contributed by atoms with van der Waals surface area (Å²) < 4.78 is 5.03. The Labute approximate surface area is 118 Å². The molecule has 0 aromatic heterocycles. The largest absolute Gasteiger partial charge is 0.463 e. The van der Waals surface area contributed by atoms with Gasteiger partial charge >= 0.3 is 5.97 Å². The van der Waals surface area contributed by atoms with Crippen LogP contribution in [0.1, 0.15) is 26.3 Å². The number of hydrogen-bond donors (Lipinski definition) is 0. The molecule has 1 rings (SSSR count). The minimum atomic E-state index is -0.738. The molecule has 19 heavy (non-hydrogen) atoms. The molecule has 0 N–H and O–H groups in total. The first-order chi connectivity index (χ1) is 9.00. The van der Waals surface area contributed by atoms with Gasteiger partial charge in [0.25, 0.3) is 0 Å². The van der Waals surface area contributed by atoms with Crippen LogP contribution < -0.4 is 0 Å². The van der Waals surface area contributed by atoms with Crippen molar-refractivity contribution in [2.75, 3.05) is 6.61 Å². The highest BCUT2D eigenvalue weighted by Crippen LogP contribution is 2.12. The summed E-state index contributed by atoms with van der Waals surface area (Å²) in [5, 5.41) is 4.31. The molecule has 1 atom stereocenters. The molecule has 0 amide bonds. The lowest BCUT2D eigenvalue weighted by molar-refractivity contribution is -0.157. The fourth-order valence-electron chi connectivity index (χ4n) is 1.17. The predicted molar refractivity (Wildman–Crippen MR) is 75.4 cm³/mol. The van der Waals surface area contributed by atoms with Crippen molar-refractivity contribution < 1.29 is 14.4 Å². The van der Waals surface area contributed by atoms with Gasteiger partial charge in [0.05, 0.1) is 12.8 Å². The minimum Gasteiger partial charge on any atom is -0.463 e. The van der Waals surface area contributed by atoms with Gasteiger partial charge in [-0.15, -0.1) is 0 Å². The maximum absolute atomic E-state index is 11.5. The van der Waals surface area contributed by atoms with E-state index >= 15 is 0 Å². The number of halogens is 1. The van der Waals surface area contributed by atoms with E-state index in [1.165, 1.54) is 6.21 Å². The average molecular weight is 284 g/mol. The van der Waals surface area contributed by atoms with Crippen LogP contribution in [-0.2, 0) is 14.4 Å². The SMILES string of the molecule is CC(C)COC(=O)C(C)ON=Cc1ccccc1Cl. The third kappa shape index (κ3) is 5.75. The van der Waals surface area contributed by atoms with E-state index < -0.39 is 12.1 Å². The smallest absolute Gasteiger partial charge is 0.349 e. The van der Waals surface area contributed by atoms with Crippen molar-refractivity contribution in [2.45, 2.75) is 26.9 Å². The third-order valence-corrected chi connectivity index (χ3v) is 2.55. The molecule has 0 aliphatic heterocycles. The summed E-state index contributed by atoms with van der Waals surface area (Å²) in [6.45, 7) is 5.90. The summed E-state index contributed by atoms with van der Waals surface area (Å²) in [6.07, 6.45) is 0.728. The van der Waals surface area contributed by atoms with E-state index in [1.54, 1.807) is 19.1 Å². The number of esters is 1. The van der Waals surface area contributed by atoms with Crippen LogP contribution in [-0.4, -0.2) is 24.9 Å². The zero-order valence-electron chi connectivity index (χ0n) is 11.3. The molecule has 0 aliphatic rings. The number of carbonyl (C=O) groups is 1. The second-order valence-electron chi connectivity index (χ2n) is 4.53. The second-order valence-corrected chi connectivity index (χ2v) is 4.93. The Morgan fingerprint density at radius 1 is 1.37 bits per heavy atom. The molecule has 4 nitrogen and oxygen atoms in total. The Bertz CT molecular complexity index is 446. The maximum atomic E-state index is 11.5. The molecule has 0 heterocycles. The quantitative estimate of drug-likeness (QED) is 0.457. The van der Waals surface area contributed by atoms with Gasteiger partial charge in [-0.05, 0) is 18.9 Å². The second kappa shape index (κ2) is 7.79. The molecule has 0 fully saturated rings. The lowest BCUT2D eigenvalue weighted by atomic mass is 10.2. The Hall–Kier alpha value is -1.55. The summed E-state index contributed by atoms with van der Waals surface area (Å²) in [4.78, 5) is 16.5. The van der Waals surface area contributed by atoms with Crippen molar-refractivity contribution in [1.29, 1.82) is 0 Å². The molecule has 0 saturated heterocycles. The van der Waals surface area contributed by atoms with Gasteiger partial charge in [-0.25, -0.2) is 4.79 Å². The lowest BCUT2D eigenvalue weighted by Gasteiger charge is -2.11. The predicted octanol–water partition coefficient (Wildman–Crippen LogP) is 3.28. The van der Waals surface area contributed by atoms with E-state index in [9.17, 15) is 4.79 Å². The van der Waals surface area contributed by atoms with E-state index in [-0.39, 0.29) is 0 Å². The van der Waals surface area contributed by atoms with Crippen molar-refractivity contribution in [1.82, 2.24) is 0 Å². The molecule has 0 radical (unpaired) electrons. The van der Waals surface area contributed by atoms with Crippen molar-refractivity contribution in [3.8, 4) is 0 Å². The molecule has 0 spiro atoms. The highest BCUT2D eigenvalue weighted by Gasteiger charge is 2.16. The molecular weight excluding hydrogens is 266 g/mol. The number of hydrogen-bond acceptors (Lipinski definition) is 4. The maximum Gasteiger partial charge on any atom is 0.349 e. The zero-order chi connectivity index (χ0) is 14.3. The Morgan fingerprint density at radius 3 is 2.68 bits per heavy atom. The summed E-state index contributed by atoms with van der Waals surface area (Å²) in [6, 6.07) is 7.22. The normalized spacial score (nSPS) is 12.7. The zero-order valence-corrected chi connectivity index (χ0v) is 12.1. The van der Waals surface area contributed by atoms with Crippen LogP contribution in [0.5, 0.6) is 0 Å². The molecule has 104 valence electrons. The van der Waals surface area contributed by atoms with E-state index in [0.717, 1.165) is 5.56 Å². The number of carbonyl (C=O) groups excluding carboxylic acids is 1. The molecule has 5 heteroatoms. The van der Waals surface area contributed by atoms with Gasteiger partial charge in [0, 0.05) is 10.6 Å². The number of rotatable bonds is 6. The van der Waals surface area contributed by atoms with Gasteiger partial charge in [0.2, 0.25) is 6.10 Å². The summed E-state index contributed by atoms with van der Waals surface area (Å²) in [5.74, 6) is -0.132. The molecule has 0 aliphatic carbocycles. The molecule has 0 saturated carbocycles. The van der Waals surface area contributed by atoms with Crippen LogP contribution in [0, 0.1) is 5.92 Å². The van der Waals surface area contributed by atoms with Crippen molar-refractivity contribution in [3.63, 3.8) is 0 Å². The Kier molecular flexibility index (Phi) is 6.36. The number of oxime groups is 1. The van der Waals surface area contributed by atoms with Crippen molar-refractivity contribution >= 4 is 23.8 Å². The van der Waals surface area contributed by atoms with Gasteiger partial charge < -0.3 is 9.57 Å². The lowest BCUT2D eigenvalue weighted by Crippen LogP contribution is -2.23.